The van der Waals surface area contributed by atoms with Gasteiger partial charge in [-0.1, -0.05) is 36.4 Å². The lowest BCUT2D eigenvalue weighted by Crippen LogP contribution is -2.47. The topological polar surface area (TPSA) is 102 Å². The highest BCUT2D eigenvalue weighted by molar-refractivity contribution is 5.83. The molecule has 1 aromatic heterocycles. The monoisotopic (exact) mass is 435 g/mol. The first-order valence-electron chi connectivity index (χ1n) is 11.0. The van der Waals surface area contributed by atoms with E-state index in [9.17, 15) is 14.4 Å². The molecule has 2 aromatic carbocycles. The first kappa shape index (κ1) is 21.7. The van der Waals surface area contributed by atoms with Gasteiger partial charge < -0.3 is 16.0 Å². The van der Waals surface area contributed by atoms with E-state index in [0.29, 0.717) is 18.8 Å². The zero-order valence-electron chi connectivity index (χ0n) is 18.5. The fourth-order valence-corrected chi connectivity index (χ4v) is 4.31. The number of rotatable bonds is 5. The summed E-state index contributed by atoms with van der Waals surface area (Å²) in [5, 5.41) is 5.11. The number of nitrogens with one attached hydrogen (secondary N) is 1. The minimum atomic E-state index is -0.596. The van der Waals surface area contributed by atoms with Crippen LogP contribution in [-0.2, 0) is 18.4 Å². The summed E-state index contributed by atoms with van der Waals surface area (Å²) >= 11 is 0. The number of fused-ring (bicyclic) bond motifs is 1. The number of nitrogens with zero attached hydrogens (tertiary/aromatic N) is 3. The quantitative estimate of drug-likeness (QED) is 0.639. The van der Waals surface area contributed by atoms with Crippen LogP contribution >= 0.6 is 0 Å². The number of nitrogens with two attached hydrogens (primary N) is 1. The van der Waals surface area contributed by atoms with Gasteiger partial charge in [0.05, 0.1) is 6.04 Å². The smallest absolute Gasteiger partial charge is 0.332 e. The van der Waals surface area contributed by atoms with Gasteiger partial charge in [0.15, 0.2) is 0 Å². The maximum absolute atomic E-state index is 13.1. The van der Waals surface area contributed by atoms with Crippen LogP contribution in [0.5, 0.6) is 0 Å². The summed E-state index contributed by atoms with van der Waals surface area (Å²) in [6.07, 6.45) is 3.03. The predicted molar refractivity (Wildman–Crippen MR) is 127 cm³/mol. The Morgan fingerprint density at radius 1 is 1.06 bits per heavy atom. The molecule has 0 saturated carbocycles. The van der Waals surface area contributed by atoms with Gasteiger partial charge in [0.2, 0.25) is 5.91 Å². The molecule has 4 rings (SSSR count). The lowest BCUT2D eigenvalue weighted by atomic mass is 10.0. The molecule has 1 atom stereocenters. The zero-order chi connectivity index (χ0) is 22.8. The van der Waals surface area contributed by atoms with Crippen molar-refractivity contribution in [1.29, 1.82) is 0 Å². The van der Waals surface area contributed by atoms with E-state index < -0.39 is 17.2 Å². The van der Waals surface area contributed by atoms with Gasteiger partial charge >= 0.3 is 5.69 Å². The van der Waals surface area contributed by atoms with E-state index in [1.807, 2.05) is 54.3 Å². The third-order valence-corrected chi connectivity index (χ3v) is 6.19. The molecule has 168 valence electrons. The molecular formula is C24H29N5O3. The van der Waals surface area contributed by atoms with Crippen LogP contribution in [0.4, 0.5) is 11.5 Å². The Morgan fingerprint density at radius 3 is 2.47 bits per heavy atom. The van der Waals surface area contributed by atoms with Crippen LogP contribution in [0.15, 0.2) is 52.1 Å². The third-order valence-electron chi connectivity index (χ3n) is 6.19. The molecule has 8 heteroatoms. The fourth-order valence-electron chi connectivity index (χ4n) is 4.31. The molecule has 3 aromatic rings. The number of benzene rings is 2. The van der Waals surface area contributed by atoms with E-state index in [1.165, 1.54) is 11.6 Å². The van der Waals surface area contributed by atoms with Crippen LogP contribution < -0.4 is 27.2 Å². The van der Waals surface area contributed by atoms with Gasteiger partial charge in [-0.3, -0.25) is 14.2 Å². The van der Waals surface area contributed by atoms with Gasteiger partial charge in [0, 0.05) is 20.1 Å². The van der Waals surface area contributed by atoms with Crippen molar-refractivity contribution in [2.24, 2.45) is 7.05 Å². The van der Waals surface area contributed by atoms with E-state index in [1.54, 1.807) is 0 Å². The van der Waals surface area contributed by atoms with Crippen molar-refractivity contribution < 1.29 is 4.79 Å². The number of amides is 1. The van der Waals surface area contributed by atoms with Gasteiger partial charge in [-0.25, -0.2) is 9.36 Å². The van der Waals surface area contributed by atoms with Crippen molar-refractivity contribution in [3.63, 3.8) is 0 Å². The lowest BCUT2D eigenvalue weighted by molar-refractivity contribution is -0.122. The first-order chi connectivity index (χ1) is 15.4. The highest BCUT2D eigenvalue weighted by Gasteiger charge is 2.23. The van der Waals surface area contributed by atoms with Crippen LogP contribution in [0.3, 0.4) is 0 Å². The van der Waals surface area contributed by atoms with Gasteiger partial charge in [0.1, 0.15) is 18.1 Å². The second kappa shape index (κ2) is 8.90. The molecule has 1 saturated heterocycles. The van der Waals surface area contributed by atoms with Gasteiger partial charge in [-0.05, 0) is 48.6 Å². The fraction of sp³-hybridized carbons (Fsp3) is 0.375. The number of hydrogen-bond acceptors (Lipinski definition) is 5. The molecule has 0 aliphatic carbocycles. The molecule has 32 heavy (non-hydrogen) atoms. The van der Waals surface area contributed by atoms with Gasteiger partial charge in [0.25, 0.3) is 5.56 Å². The number of carbonyl (C=O) groups is 1. The van der Waals surface area contributed by atoms with Crippen LogP contribution in [0, 0.1) is 0 Å². The highest BCUT2D eigenvalue weighted by atomic mass is 16.2. The summed E-state index contributed by atoms with van der Waals surface area (Å²) in [7, 11) is 1.52. The maximum atomic E-state index is 13.1. The first-order valence-corrected chi connectivity index (χ1v) is 11.0. The molecule has 0 bridgehead atoms. The van der Waals surface area contributed by atoms with Crippen LogP contribution in [0.25, 0.3) is 10.8 Å². The molecule has 0 spiro atoms. The standard InChI is InChI=1S/C24H29N5O3/c1-16(18-11-10-17-8-4-5-9-19(17)14-18)26-20(30)15-29-23(31)21(22(25)27(2)24(29)32)28-12-6-3-7-13-28/h4-5,8-11,14,16H,3,6-7,12-13,15,25H2,1-2H3,(H,26,30)/t16-/m1/s1. The van der Waals surface area contributed by atoms with Crippen molar-refractivity contribution in [3.05, 3.63) is 68.9 Å². The molecule has 0 radical (unpaired) electrons. The lowest BCUT2D eigenvalue weighted by Gasteiger charge is -2.29. The molecule has 1 aliphatic rings. The Morgan fingerprint density at radius 2 is 1.75 bits per heavy atom. The Labute approximate surface area is 186 Å². The van der Waals surface area contributed by atoms with Gasteiger partial charge in [-0.15, -0.1) is 0 Å². The molecule has 2 heterocycles. The van der Waals surface area contributed by atoms with Crippen molar-refractivity contribution in [1.82, 2.24) is 14.5 Å². The number of piperidine rings is 1. The predicted octanol–water partition coefficient (Wildman–Crippen LogP) is 2.15. The Balaban J connectivity index is 1.57. The summed E-state index contributed by atoms with van der Waals surface area (Å²) in [5.74, 6) is -0.262. The summed E-state index contributed by atoms with van der Waals surface area (Å²) < 4.78 is 2.22. The number of aromatic nitrogens is 2. The zero-order valence-corrected chi connectivity index (χ0v) is 18.5. The minimum Gasteiger partial charge on any atom is -0.383 e. The second-order valence-corrected chi connectivity index (χ2v) is 8.41. The summed E-state index contributed by atoms with van der Waals surface area (Å²) in [6, 6.07) is 13.7. The van der Waals surface area contributed by atoms with E-state index >= 15 is 0 Å². The minimum absolute atomic E-state index is 0.142. The van der Waals surface area contributed by atoms with Crippen molar-refractivity contribution in [3.8, 4) is 0 Å². The van der Waals surface area contributed by atoms with E-state index in [2.05, 4.69) is 5.32 Å². The molecule has 8 nitrogen and oxygen atoms in total. The molecule has 3 N–H and O–H groups in total. The number of nitrogen functional groups attached to an aromatic ring is 1. The number of hydrogen-bond donors (Lipinski definition) is 2. The number of carbonyl (C=O) groups excluding carboxylic acids is 1. The molecule has 0 unspecified atom stereocenters. The Kier molecular flexibility index (Phi) is 6.03. The maximum Gasteiger partial charge on any atom is 0.332 e. The normalized spacial score (nSPS) is 15.0. The summed E-state index contributed by atoms with van der Waals surface area (Å²) in [4.78, 5) is 40.6. The van der Waals surface area contributed by atoms with Gasteiger partial charge in [-0.2, -0.15) is 0 Å². The molecule has 1 fully saturated rings. The Bertz CT molecular complexity index is 1270. The van der Waals surface area contributed by atoms with Crippen LogP contribution in [0.2, 0.25) is 0 Å². The highest BCUT2D eigenvalue weighted by Crippen LogP contribution is 2.22. The summed E-state index contributed by atoms with van der Waals surface area (Å²) in [6.45, 7) is 2.95. The largest absolute Gasteiger partial charge is 0.383 e. The second-order valence-electron chi connectivity index (χ2n) is 8.41. The SMILES string of the molecule is C[C@@H](NC(=O)Cn1c(=O)c(N2CCCCC2)c(N)n(C)c1=O)c1ccc2ccccc2c1. The van der Waals surface area contributed by atoms with E-state index in [4.69, 9.17) is 5.73 Å². The molecular weight excluding hydrogens is 406 g/mol. The number of anilines is 2. The van der Waals surface area contributed by atoms with Crippen molar-refractivity contribution in [2.45, 2.75) is 38.8 Å². The molecule has 1 amide bonds. The van der Waals surface area contributed by atoms with E-state index in [0.717, 1.165) is 40.2 Å². The van der Waals surface area contributed by atoms with Crippen molar-refractivity contribution in [2.75, 3.05) is 23.7 Å². The van der Waals surface area contributed by atoms with E-state index in [-0.39, 0.29) is 18.4 Å². The van der Waals surface area contributed by atoms with Crippen molar-refractivity contribution >= 4 is 28.2 Å². The van der Waals surface area contributed by atoms with Crippen LogP contribution in [0.1, 0.15) is 37.8 Å². The average molecular weight is 436 g/mol. The average Bonchev–Trinajstić information content (AvgIpc) is 2.81. The third kappa shape index (κ3) is 4.12. The van der Waals surface area contributed by atoms with Crippen LogP contribution in [-0.4, -0.2) is 28.1 Å². The molecule has 1 aliphatic heterocycles. The summed E-state index contributed by atoms with van der Waals surface area (Å²) in [5.41, 5.74) is 6.27. The Hall–Kier alpha value is -3.55.